The maximum atomic E-state index is 4.05. The van der Waals surface area contributed by atoms with Gasteiger partial charge in [0.25, 0.3) is 0 Å². The maximum absolute atomic E-state index is 4.05. The quantitative estimate of drug-likeness (QED) is 0.605. The van der Waals surface area contributed by atoms with Crippen molar-refractivity contribution in [1.82, 2.24) is 4.90 Å². The molecule has 1 nitrogen and oxygen atoms in total. The number of hydrogen-bond acceptors (Lipinski definition) is 1. The van der Waals surface area contributed by atoms with Crippen LogP contribution < -0.4 is 0 Å². The second-order valence-corrected chi connectivity index (χ2v) is 4.83. The summed E-state index contributed by atoms with van der Waals surface area (Å²) in [6.07, 6.45) is 5.53. The summed E-state index contributed by atoms with van der Waals surface area (Å²) < 4.78 is 0. The van der Waals surface area contributed by atoms with Gasteiger partial charge in [0, 0.05) is 6.54 Å². The molecule has 13 heavy (non-hydrogen) atoms. The van der Waals surface area contributed by atoms with E-state index < -0.39 is 0 Å². The van der Waals surface area contributed by atoms with E-state index in [0.29, 0.717) is 0 Å². The van der Waals surface area contributed by atoms with Crippen LogP contribution in [-0.4, -0.2) is 25.5 Å². The summed E-state index contributed by atoms with van der Waals surface area (Å²) >= 11 is 0. The molecule has 0 heterocycles. The molecule has 0 bridgehead atoms. The molecule has 1 fully saturated rings. The lowest BCUT2D eigenvalue weighted by Gasteiger charge is -2.30. The Morgan fingerprint density at radius 1 is 1.23 bits per heavy atom. The zero-order valence-corrected chi connectivity index (χ0v) is 9.34. The SMILES string of the molecule is C=C(C)C1CCC(CN(C)C)CC1. The lowest BCUT2D eigenvalue weighted by atomic mass is 9.79. The summed E-state index contributed by atoms with van der Waals surface area (Å²) in [5.74, 6) is 1.75. The predicted octanol–water partition coefficient (Wildman–Crippen LogP) is 2.93. The first-order valence-electron chi connectivity index (χ1n) is 5.39. The fourth-order valence-electron chi connectivity index (χ4n) is 2.35. The average Bonchev–Trinajstić information content (AvgIpc) is 2.04. The molecular weight excluding hydrogens is 158 g/mol. The molecule has 1 aliphatic carbocycles. The Hall–Kier alpha value is -0.300. The fraction of sp³-hybridized carbons (Fsp3) is 0.833. The van der Waals surface area contributed by atoms with E-state index in [2.05, 4.69) is 32.5 Å². The average molecular weight is 181 g/mol. The van der Waals surface area contributed by atoms with Gasteiger partial charge in [0.1, 0.15) is 0 Å². The van der Waals surface area contributed by atoms with Crippen LogP contribution in [0.15, 0.2) is 12.2 Å². The van der Waals surface area contributed by atoms with Crippen molar-refractivity contribution in [2.24, 2.45) is 11.8 Å². The molecule has 1 heteroatoms. The summed E-state index contributed by atoms with van der Waals surface area (Å²) in [4.78, 5) is 2.31. The Labute approximate surface area is 82.8 Å². The van der Waals surface area contributed by atoms with Crippen molar-refractivity contribution in [3.8, 4) is 0 Å². The molecule has 0 N–H and O–H groups in total. The van der Waals surface area contributed by atoms with Crippen molar-refractivity contribution in [1.29, 1.82) is 0 Å². The molecule has 0 aromatic carbocycles. The topological polar surface area (TPSA) is 3.24 Å². The Bertz CT molecular complexity index is 164. The second-order valence-electron chi connectivity index (χ2n) is 4.83. The number of allylic oxidation sites excluding steroid dienone is 1. The van der Waals surface area contributed by atoms with Crippen LogP contribution in [0.3, 0.4) is 0 Å². The minimum atomic E-state index is 0.818. The molecule has 0 radical (unpaired) electrons. The van der Waals surface area contributed by atoms with Crippen molar-refractivity contribution in [3.63, 3.8) is 0 Å². The Morgan fingerprint density at radius 3 is 2.15 bits per heavy atom. The van der Waals surface area contributed by atoms with Crippen molar-refractivity contribution in [3.05, 3.63) is 12.2 Å². The monoisotopic (exact) mass is 181 g/mol. The van der Waals surface area contributed by atoms with Crippen LogP contribution in [0.2, 0.25) is 0 Å². The molecule has 0 amide bonds. The first-order valence-corrected chi connectivity index (χ1v) is 5.39. The largest absolute Gasteiger partial charge is 0.309 e. The highest BCUT2D eigenvalue weighted by atomic mass is 15.1. The lowest BCUT2D eigenvalue weighted by molar-refractivity contribution is 0.237. The summed E-state index contributed by atoms with van der Waals surface area (Å²) in [7, 11) is 4.34. The van der Waals surface area contributed by atoms with Gasteiger partial charge in [-0.3, -0.25) is 0 Å². The van der Waals surface area contributed by atoms with E-state index >= 15 is 0 Å². The van der Waals surface area contributed by atoms with Crippen LogP contribution in [0.4, 0.5) is 0 Å². The van der Waals surface area contributed by atoms with E-state index in [0.717, 1.165) is 11.8 Å². The fourth-order valence-corrected chi connectivity index (χ4v) is 2.35. The van der Waals surface area contributed by atoms with Crippen molar-refractivity contribution in [2.75, 3.05) is 20.6 Å². The first kappa shape index (κ1) is 10.8. The number of hydrogen-bond donors (Lipinski definition) is 0. The third kappa shape index (κ3) is 3.51. The molecule has 1 rings (SSSR count). The van der Waals surface area contributed by atoms with Gasteiger partial charge in [-0.1, -0.05) is 12.2 Å². The van der Waals surface area contributed by atoms with E-state index in [1.165, 1.54) is 37.8 Å². The Kier molecular flexibility index (Phi) is 3.98. The van der Waals surface area contributed by atoms with Crippen molar-refractivity contribution < 1.29 is 0 Å². The third-order valence-electron chi connectivity index (χ3n) is 3.17. The molecule has 0 atom stereocenters. The summed E-state index contributed by atoms with van der Waals surface area (Å²) in [5.41, 5.74) is 1.39. The van der Waals surface area contributed by atoms with Gasteiger partial charge in [-0.2, -0.15) is 0 Å². The van der Waals surface area contributed by atoms with Crippen LogP contribution in [0.5, 0.6) is 0 Å². The Balaban J connectivity index is 2.26. The molecule has 0 unspecified atom stereocenters. The van der Waals surface area contributed by atoms with E-state index in [4.69, 9.17) is 0 Å². The summed E-state index contributed by atoms with van der Waals surface area (Å²) in [6.45, 7) is 7.50. The van der Waals surface area contributed by atoms with E-state index in [1.807, 2.05) is 0 Å². The van der Waals surface area contributed by atoms with Gasteiger partial charge < -0.3 is 4.90 Å². The minimum Gasteiger partial charge on any atom is -0.309 e. The zero-order chi connectivity index (χ0) is 9.84. The molecule has 0 spiro atoms. The number of rotatable bonds is 3. The molecule has 0 aromatic rings. The third-order valence-corrected chi connectivity index (χ3v) is 3.17. The zero-order valence-electron chi connectivity index (χ0n) is 9.34. The van der Waals surface area contributed by atoms with Gasteiger partial charge in [-0.25, -0.2) is 0 Å². The van der Waals surface area contributed by atoms with Crippen LogP contribution in [0.25, 0.3) is 0 Å². The highest BCUT2D eigenvalue weighted by molar-refractivity contribution is 4.97. The van der Waals surface area contributed by atoms with Crippen LogP contribution in [-0.2, 0) is 0 Å². The lowest BCUT2D eigenvalue weighted by Crippen LogP contribution is -2.25. The highest BCUT2D eigenvalue weighted by Crippen LogP contribution is 2.32. The van der Waals surface area contributed by atoms with Crippen molar-refractivity contribution >= 4 is 0 Å². The minimum absolute atomic E-state index is 0.818. The van der Waals surface area contributed by atoms with Crippen molar-refractivity contribution in [2.45, 2.75) is 32.6 Å². The molecule has 0 saturated heterocycles. The van der Waals surface area contributed by atoms with Gasteiger partial charge in [-0.05, 0) is 58.5 Å². The molecule has 76 valence electrons. The van der Waals surface area contributed by atoms with Gasteiger partial charge in [0.2, 0.25) is 0 Å². The summed E-state index contributed by atoms with van der Waals surface area (Å²) in [6, 6.07) is 0. The van der Waals surface area contributed by atoms with Crippen LogP contribution in [0, 0.1) is 11.8 Å². The van der Waals surface area contributed by atoms with E-state index in [-0.39, 0.29) is 0 Å². The predicted molar refractivity (Wildman–Crippen MR) is 58.8 cm³/mol. The highest BCUT2D eigenvalue weighted by Gasteiger charge is 2.21. The molecule has 1 saturated carbocycles. The van der Waals surface area contributed by atoms with Crippen LogP contribution in [0.1, 0.15) is 32.6 Å². The first-order chi connectivity index (χ1) is 6.09. The molecule has 0 aliphatic heterocycles. The van der Waals surface area contributed by atoms with Gasteiger partial charge >= 0.3 is 0 Å². The van der Waals surface area contributed by atoms with Gasteiger partial charge in [0.05, 0.1) is 0 Å². The van der Waals surface area contributed by atoms with E-state index in [9.17, 15) is 0 Å². The van der Waals surface area contributed by atoms with Gasteiger partial charge in [0.15, 0.2) is 0 Å². The number of nitrogens with zero attached hydrogens (tertiary/aromatic N) is 1. The van der Waals surface area contributed by atoms with Crippen LogP contribution >= 0.6 is 0 Å². The normalized spacial score (nSPS) is 29.2. The summed E-state index contributed by atoms with van der Waals surface area (Å²) in [5, 5.41) is 0. The van der Waals surface area contributed by atoms with Gasteiger partial charge in [-0.15, -0.1) is 0 Å². The smallest absolute Gasteiger partial charge is 0.000356 e. The molecule has 1 aliphatic rings. The van der Waals surface area contributed by atoms with E-state index in [1.54, 1.807) is 0 Å². The standard InChI is InChI=1S/C12H23N/c1-10(2)12-7-5-11(6-8-12)9-13(3)4/h11-12H,1,5-9H2,2-4H3. The second kappa shape index (κ2) is 4.80. The molecular formula is C12H23N. The maximum Gasteiger partial charge on any atom is 0.000356 e. The molecule has 0 aromatic heterocycles. The Morgan fingerprint density at radius 2 is 1.77 bits per heavy atom.